The van der Waals surface area contributed by atoms with Crippen molar-refractivity contribution in [2.75, 3.05) is 0 Å². The van der Waals surface area contributed by atoms with Crippen LogP contribution in [0.4, 0.5) is 5.69 Å². The van der Waals surface area contributed by atoms with Crippen LogP contribution in [0.25, 0.3) is 0 Å². The summed E-state index contributed by atoms with van der Waals surface area (Å²) < 4.78 is 5.48. The van der Waals surface area contributed by atoms with Gasteiger partial charge in [-0.15, -0.1) is 0 Å². The third-order valence-corrected chi connectivity index (χ3v) is 1.98. The van der Waals surface area contributed by atoms with Crippen LogP contribution in [0.2, 0.25) is 0 Å². The van der Waals surface area contributed by atoms with Gasteiger partial charge >= 0.3 is 5.69 Å². The Labute approximate surface area is 99.5 Å². The van der Waals surface area contributed by atoms with Gasteiger partial charge in [-0.05, 0) is 39.8 Å². The van der Waals surface area contributed by atoms with E-state index < -0.39 is 10.5 Å². The Morgan fingerprint density at radius 2 is 1.94 bits per heavy atom. The lowest BCUT2D eigenvalue weighted by molar-refractivity contribution is -0.386. The molecule has 0 saturated carbocycles. The minimum absolute atomic E-state index is 0.174. The summed E-state index contributed by atoms with van der Waals surface area (Å²) in [5.41, 5.74) is -0.409. The first-order chi connectivity index (χ1) is 7.70. The predicted octanol–water partition coefficient (Wildman–Crippen LogP) is 2.97. The molecule has 1 aromatic rings. The van der Waals surface area contributed by atoms with Gasteiger partial charge in [-0.2, -0.15) is 0 Å². The number of carbonyl (C=O) groups excluding carboxylic acids is 1. The van der Waals surface area contributed by atoms with E-state index >= 15 is 0 Å². The van der Waals surface area contributed by atoms with Crippen molar-refractivity contribution in [1.82, 2.24) is 0 Å². The van der Waals surface area contributed by atoms with Gasteiger partial charge < -0.3 is 4.74 Å². The number of benzene rings is 1. The lowest BCUT2D eigenvalue weighted by atomic mass is 10.1. The van der Waals surface area contributed by atoms with Gasteiger partial charge in [0.25, 0.3) is 0 Å². The maximum absolute atomic E-state index is 11.2. The zero-order valence-electron chi connectivity index (χ0n) is 10.3. The third-order valence-electron chi connectivity index (χ3n) is 1.98. The first kappa shape index (κ1) is 13.2. The second-order valence-corrected chi connectivity index (χ2v) is 4.71. The largest absolute Gasteiger partial charge is 0.481 e. The van der Waals surface area contributed by atoms with E-state index in [1.165, 1.54) is 25.1 Å². The van der Waals surface area contributed by atoms with Gasteiger partial charge in [-0.3, -0.25) is 14.9 Å². The Kier molecular flexibility index (Phi) is 3.50. The molecule has 92 valence electrons. The summed E-state index contributed by atoms with van der Waals surface area (Å²) in [4.78, 5) is 21.5. The van der Waals surface area contributed by atoms with Gasteiger partial charge in [-0.1, -0.05) is 0 Å². The van der Waals surface area contributed by atoms with Crippen molar-refractivity contribution in [1.29, 1.82) is 0 Å². The first-order valence-corrected chi connectivity index (χ1v) is 5.19. The topological polar surface area (TPSA) is 69.4 Å². The van der Waals surface area contributed by atoms with Gasteiger partial charge in [0.05, 0.1) is 4.92 Å². The summed E-state index contributed by atoms with van der Waals surface area (Å²) in [5.74, 6) is -0.0390. The molecule has 0 radical (unpaired) electrons. The summed E-state index contributed by atoms with van der Waals surface area (Å²) in [6.07, 6.45) is 0. The van der Waals surface area contributed by atoms with Crippen LogP contribution in [-0.4, -0.2) is 16.3 Å². The van der Waals surface area contributed by atoms with Crippen LogP contribution in [0.3, 0.4) is 0 Å². The van der Waals surface area contributed by atoms with E-state index in [1.807, 2.05) is 0 Å². The van der Waals surface area contributed by atoms with Crippen molar-refractivity contribution in [3.63, 3.8) is 0 Å². The Morgan fingerprint density at radius 1 is 1.35 bits per heavy atom. The molecule has 0 aliphatic heterocycles. The van der Waals surface area contributed by atoms with E-state index in [4.69, 9.17) is 4.74 Å². The van der Waals surface area contributed by atoms with E-state index in [-0.39, 0.29) is 17.2 Å². The highest BCUT2D eigenvalue weighted by Gasteiger charge is 2.22. The number of carbonyl (C=O) groups is 1. The highest BCUT2D eigenvalue weighted by atomic mass is 16.6. The fourth-order valence-corrected chi connectivity index (χ4v) is 1.30. The van der Waals surface area contributed by atoms with Crippen molar-refractivity contribution >= 4 is 11.5 Å². The molecule has 0 aliphatic rings. The molecule has 0 amide bonds. The second-order valence-electron chi connectivity index (χ2n) is 4.71. The van der Waals surface area contributed by atoms with Crippen LogP contribution in [-0.2, 0) is 0 Å². The molecular formula is C12H15NO4. The summed E-state index contributed by atoms with van der Waals surface area (Å²) in [6, 6.07) is 4.22. The molecule has 5 heteroatoms. The van der Waals surface area contributed by atoms with E-state index in [0.717, 1.165) is 0 Å². The number of nitro benzene ring substituents is 1. The summed E-state index contributed by atoms with van der Waals surface area (Å²) >= 11 is 0. The quantitative estimate of drug-likeness (QED) is 0.460. The molecule has 1 rings (SSSR count). The normalized spacial score (nSPS) is 11.1. The molecule has 0 atom stereocenters. The Bertz CT molecular complexity index is 460. The molecule has 1 aromatic carbocycles. The number of ketones is 1. The standard InChI is InChI=1S/C12H15NO4/c1-8(14)9-5-6-11(17-12(2,3)4)10(7-9)13(15)16/h5-7H,1-4H3. The van der Waals surface area contributed by atoms with Crippen LogP contribution in [0.5, 0.6) is 5.75 Å². The number of hydrogen-bond donors (Lipinski definition) is 0. The number of nitro groups is 1. The Morgan fingerprint density at radius 3 is 2.35 bits per heavy atom. The molecule has 0 spiro atoms. The van der Waals surface area contributed by atoms with Crippen LogP contribution in [0, 0.1) is 10.1 Å². The smallest absolute Gasteiger partial charge is 0.311 e. The van der Waals surface area contributed by atoms with Gasteiger partial charge in [-0.25, -0.2) is 0 Å². The Hall–Kier alpha value is -1.91. The zero-order chi connectivity index (χ0) is 13.2. The van der Waals surface area contributed by atoms with Gasteiger partial charge in [0, 0.05) is 11.6 Å². The highest BCUT2D eigenvalue weighted by Crippen LogP contribution is 2.30. The second kappa shape index (κ2) is 4.53. The van der Waals surface area contributed by atoms with Crippen LogP contribution >= 0.6 is 0 Å². The molecule has 0 aliphatic carbocycles. The van der Waals surface area contributed by atoms with Crippen molar-refractivity contribution in [3.05, 3.63) is 33.9 Å². The van der Waals surface area contributed by atoms with Crippen molar-refractivity contribution < 1.29 is 14.5 Å². The average Bonchev–Trinajstić information content (AvgIpc) is 2.14. The number of nitrogens with zero attached hydrogens (tertiary/aromatic N) is 1. The van der Waals surface area contributed by atoms with Crippen LogP contribution in [0.1, 0.15) is 38.1 Å². The molecule has 0 heterocycles. The van der Waals surface area contributed by atoms with E-state index in [1.54, 1.807) is 20.8 Å². The Balaban J connectivity index is 3.23. The predicted molar refractivity (Wildman–Crippen MR) is 63.5 cm³/mol. The molecule has 0 bridgehead atoms. The number of Topliss-reactive ketones (excluding diaryl/α,β-unsaturated/α-hetero) is 1. The molecule has 0 fully saturated rings. The van der Waals surface area contributed by atoms with Gasteiger partial charge in [0.15, 0.2) is 11.5 Å². The van der Waals surface area contributed by atoms with Gasteiger partial charge in [0.2, 0.25) is 0 Å². The minimum atomic E-state index is -0.548. The summed E-state index contributed by atoms with van der Waals surface area (Å²) in [6.45, 7) is 6.77. The summed E-state index contributed by atoms with van der Waals surface area (Å²) in [7, 11) is 0. The fraction of sp³-hybridized carbons (Fsp3) is 0.417. The highest BCUT2D eigenvalue weighted by molar-refractivity contribution is 5.95. The van der Waals surface area contributed by atoms with Crippen LogP contribution in [0.15, 0.2) is 18.2 Å². The lowest BCUT2D eigenvalue weighted by Crippen LogP contribution is -2.23. The van der Waals surface area contributed by atoms with Crippen molar-refractivity contribution in [2.24, 2.45) is 0 Å². The van der Waals surface area contributed by atoms with Crippen molar-refractivity contribution in [3.8, 4) is 5.75 Å². The SMILES string of the molecule is CC(=O)c1ccc(OC(C)(C)C)c([N+](=O)[O-])c1. The molecule has 0 saturated heterocycles. The first-order valence-electron chi connectivity index (χ1n) is 5.19. The maximum Gasteiger partial charge on any atom is 0.311 e. The molecule has 17 heavy (non-hydrogen) atoms. The van der Waals surface area contributed by atoms with E-state index in [2.05, 4.69) is 0 Å². The number of ether oxygens (including phenoxy) is 1. The molecule has 0 unspecified atom stereocenters. The maximum atomic E-state index is 11.2. The van der Waals surface area contributed by atoms with Crippen LogP contribution < -0.4 is 4.74 Å². The third kappa shape index (κ3) is 3.55. The molecular weight excluding hydrogens is 222 g/mol. The van der Waals surface area contributed by atoms with Gasteiger partial charge in [0.1, 0.15) is 5.60 Å². The monoisotopic (exact) mass is 237 g/mol. The minimum Gasteiger partial charge on any atom is -0.481 e. The number of rotatable bonds is 3. The average molecular weight is 237 g/mol. The number of hydrogen-bond acceptors (Lipinski definition) is 4. The lowest BCUT2D eigenvalue weighted by Gasteiger charge is -2.21. The molecule has 0 N–H and O–H groups in total. The van der Waals surface area contributed by atoms with Crippen molar-refractivity contribution in [2.45, 2.75) is 33.3 Å². The van der Waals surface area contributed by atoms with E-state index in [0.29, 0.717) is 5.56 Å². The zero-order valence-corrected chi connectivity index (χ0v) is 10.3. The fourth-order valence-electron chi connectivity index (χ4n) is 1.30. The molecule has 0 aromatic heterocycles. The molecule has 5 nitrogen and oxygen atoms in total. The summed E-state index contributed by atoms with van der Waals surface area (Å²) in [5, 5.41) is 10.9. The van der Waals surface area contributed by atoms with E-state index in [9.17, 15) is 14.9 Å².